The molecule has 1 aromatic carbocycles. The zero-order chi connectivity index (χ0) is 20.6. The highest BCUT2D eigenvalue weighted by Gasteiger charge is 2.31. The van der Waals surface area contributed by atoms with Gasteiger partial charge in [0.05, 0.1) is 30.1 Å². The molecule has 28 heavy (non-hydrogen) atoms. The number of pyridine rings is 1. The first-order valence-electron chi connectivity index (χ1n) is 8.70. The van der Waals surface area contributed by atoms with E-state index in [0.717, 1.165) is 16.8 Å². The molecule has 0 radical (unpaired) electrons. The van der Waals surface area contributed by atoms with E-state index in [-0.39, 0.29) is 18.7 Å². The predicted octanol–water partition coefficient (Wildman–Crippen LogP) is 1.06. The normalized spacial score (nSPS) is 18.0. The molecule has 2 aromatic rings. The molecular weight excluding hydrogens is 379 g/mol. The number of aromatic carboxylic acids is 1. The van der Waals surface area contributed by atoms with Crippen LogP contribution in [0, 0.1) is 11.6 Å². The van der Waals surface area contributed by atoms with Crippen molar-refractivity contribution >= 4 is 22.6 Å². The first kappa shape index (κ1) is 20.2. The zero-order valence-corrected chi connectivity index (χ0v) is 15.2. The van der Waals surface area contributed by atoms with Crippen molar-refractivity contribution in [3.63, 3.8) is 0 Å². The smallest absolute Gasteiger partial charge is 0.341 e. The van der Waals surface area contributed by atoms with Crippen molar-refractivity contribution in [2.24, 2.45) is 0 Å². The summed E-state index contributed by atoms with van der Waals surface area (Å²) in [6.07, 6.45) is 0.866. The first-order valence-corrected chi connectivity index (χ1v) is 8.70. The van der Waals surface area contributed by atoms with E-state index in [1.807, 2.05) is 11.9 Å². The molecule has 1 aliphatic heterocycles. The minimum Gasteiger partial charge on any atom is -0.477 e. The average molecular weight is 399 g/mol. The van der Waals surface area contributed by atoms with E-state index in [9.17, 15) is 28.6 Å². The van der Waals surface area contributed by atoms with Crippen molar-refractivity contribution in [3.8, 4) is 0 Å². The summed E-state index contributed by atoms with van der Waals surface area (Å²) in [5.41, 5.74) is -2.52. The van der Waals surface area contributed by atoms with Crippen molar-refractivity contribution in [2.75, 3.05) is 44.9 Å². The van der Waals surface area contributed by atoms with Crippen LogP contribution in [0.3, 0.4) is 0 Å². The van der Waals surface area contributed by atoms with Crippen LogP contribution in [0.5, 0.6) is 0 Å². The van der Waals surface area contributed by atoms with Crippen molar-refractivity contribution in [3.05, 3.63) is 39.7 Å². The van der Waals surface area contributed by atoms with Crippen LogP contribution in [0.4, 0.5) is 18.9 Å². The van der Waals surface area contributed by atoms with Gasteiger partial charge in [0.2, 0.25) is 5.43 Å². The highest BCUT2D eigenvalue weighted by Crippen LogP contribution is 2.32. The zero-order valence-electron chi connectivity index (χ0n) is 15.2. The van der Waals surface area contributed by atoms with E-state index < -0.39 is 58.9 Å². The summed E-state index contributed by atoms with van der Waals surface area (Å²) in [4.78, 5) is 27.0. The fourth-order valence-corrected chi connectivity index (χ4v) is 3.62. The maximum absolute atomic E-state index is 15.4. The lowest BCUT2D eigenvalue weighted by molar-refractivity contribution is 0.0694. The fraction of sp³-hybridized carbons (Fsp3) is 0.444. The number of fused-ring (bicyclic) bond motifs is 1. The van der Waals surface area contributed by atoms with Gasteiger partial charge in [0.1, 0.15) is 23.7 Å². The molecule has 1 saturated heterocycles. The number of anilines is 1. The topological polar surface area (TPSA) is 86.0 Å². The standard InChI is InChI=1S/C18H20F3N3O4/c1-22-4-5-24(10(7-22)9-25)16-13(20)6-11-15(14(16)21)23(3-2-19)8-12(17(11)26)18(27)28/h6,8,10,25H,2-5,7,9H2,1H3,(H,27,28). The number of benzene rings is 1. The fourth-order valence-electron chi connectivity index (χ4n) is 3.62. The lowest BCUT2D eigenvalue weighted by atomic mass is 10.1. The Hall–Kier alpha value is -2.59. The number of alkyl halides is 1. The Kier molecular flexibility index (Phi) is 5.61. The molecule has 10 heteroatoms. The van der Waals surface area contributed by atoms with Gasteiger partial charge in [-0.05, 0) is 13.1 Å². The molecule has 152 valence electrons. The third-order valence-corrected chi connectivity index (χ3v) is 4.97. The Morgan fingerprint density at radius 2 is 2.04 bits per heavy atom. The summed E-state index contributed by atoms with van der Waals surface area (Å²) in [6, 6.07) is 0.212. The number of aliphatic hydroxyl groups is 1. The van der Waals surface area contributed by atoms with E-state index in [4.69, 9.17) is 0 Å². The monoisotopic (exact) mass is 399 g/mol. The van der Waals surface area contributed by atoms with Crippen LogP contribution in [-0.4, -0.2) is 71.7 Å². The summed E-state index contributed by atoms with van der Waals surface area (Å²) in [5.74, 6) is -3.69. The summed E-state index contributed by atoms with van der Waals surface area (Å²) in [5, 5.41) is 18.3. The van der Waals surface area contributed by atoms with Gasteiger partial charge in [0.25, 0.3) is 0 Å². The summed E-state index contributed by atoms with van der Waals surface area (Å²) in [6.45, 7) is -0.550. The van der Waals surface area contributed by atoms with Crippen LogP contribution in [0.2, 0.25) is 0 Å². The van der Waals surface area contributed by atoms with Gasteiger partial charge in [-0.3, -0.25) is 4.79 Å². The van der Waals surface area contributed by atoms with Gasteiger partial charge in [0, 0.05) is 25.8 Å². The Balaban J connectivity index is 2.29. The maximum Gasteiger partial charge on any atom is 0.341 e. The molecule has 0 amide bonds. The molecular formula is C18H20F3N3O4. The molecule has 0 bridgehead atoms. The van der Waals surface area contributed by atoms with Gasteiger partial charge in [0.15, 0.2) is 5.82 Å². The van der Waals surface area contributed by atoms with Gasteiger partial charge in [-0.1, -0.05) is 0 Å². The Morgan fingerprint density at radius 3 is 2.64 bits per heavy atom. The number of carboxylic acid groups (broad SMARTS) is 1. The number of carbonyl (C=O) groups is 1. The second-order valence-electron chi connectivity index (χ2n) is 6.77. The molecule has 1 fully saturated rings. The Labute approximate surface area is 158 Å². The highest BCUT2D eigenvalue weighted by atomic mass is 19.1. The molecule has 2 heterocycles. The van der Waals surface area contributed by atoms with Gasteiger partial charge in [-0.2, -0.15) is 0 Å². The lowest BCUT2D eigenvalue weighted by Gasteiger charge is -2.41. The third kappa shape index (κ3) is 3.33. The van der Waals surface area contributed by atoms with E-state index in [1.165, 1.54) is 4.90 Å². The molecule has 1 aliphatic rings. The largest absolute Gasteiger partial charge is 0.477 e. The quantitative estimate of drug-likeness (QED) is 0.782. The Bertz CT molecular complexity index is 979. The minimum absolute atomic E-state index is 0.238. The summed E-state index contributed by atoms with van der Waals surface area (Å²) < 4.78 is 44.2. The average Bonchev–Trinajstić information content (AvgIpc) is 2.64. The molecule has 3 rings (SSSR count). The number of aliphatic hydroxyl groups excluding tert-OH is 1. The number of aryl methyl sites for hydroxylation is 1. The highest BCUT2D eigenvalue weighted by molar-refractivity contribution is 5.93. The number of rotatable bonds is 5. The number of nitrogens with zero attached hydrogens (tertiary/aromatic N) is 3. The van der Waals surface area contributed by atoms with E-state index in [0.29, 0.717) is 13.1 Å². The number of aromatic nitrogens is 1. The van der Waals surface area contributed by atoms with Crippen LogP contribution >= 0.6 is 0 Å². The SMILES string of the molecule is CN1CCN(c2c(F)cc3c(=O)c(C(=O)O)cn(CCF)c3c2F)C(CO)C1. The Morgan fingerprint density at radius 1 is 1.32 bits per heavy atom. The second kappa shape index (κ2) is 7.80. The number of piperazine rings is 1. The summed E-state index contributed by atoms with van der Waals surface area (Å²) >= 11 is 0. The van der Waals surface area contributed by atoms with Gasteiger partial charge in [-0.15, -0.1) is 0 Å². The van der Waals surface area contributed by atoms with Gasteiger partial charge in [-0.25, -0.2) is 18.0 Å². The molecule has 7 nitrogen and oxygen atoms in total. The lowest BCUT2D eigenvalue weighted by Crippen LogP contribution is -2.54. The molecule has 2 N–H and O–H groups in total. The van der Waals surface area contributed by atoms with Crippen LogP contribution in [-0.2, 0) is 6.54 Å². The third-order valence-electron chi connectivity index (χ3n) is 4.97. The first-order chi connectivity index (χ1) is 13.3. The van der Waals surface area contributed by atoms with Crippen molar-refractivity contribution in [1.82, 2.24) is 9.47 Å². The summed E-state index contributed by atoms with van der Waals surface area (Å²) in [7, 11) is 1.82. The van der Waals surface area contributed by atoms with E-state index >= 15 is 4.39 Å². The van der Waals surface area contributed by atoms with Crippen LogP contribution in [0.25, 0.3) is 10.9 Å². The maximum atomic E-state index is 15.4. The van der Waals surface area contributed by atoms with Crippen molar-refractivity contribution in [1.29, 1.82) is 0 Å². The molecule has 0 spiro atoms. The number of halogens is 3. The minimum atomic E-state index is -1.57. The van der Waals surface area contributed by atoms with Gasteiger partial charge >= 0.3 is 5.97 Å². The van der Waals surface area contributed by atoms with Crippen molar-refractivity contribution < 1.29 is 28.2 Å². The van der Waals surface area contributed by atoms with Crippen molar-refractivity contribution in [2.45, 2.75) is 12.6 Å². The number of hydrogen-bond donors (Lipinski definition) is 2. The number of likely N-dealkylation sites (N-methyl/N-ethyl adjacent to an activating group) is 1. The van der Waals surface area contributed by atoms with Crippen LogP contribution in [0.1, 0.15) is 10.4 Å². The van der Waals surface area contributed by atoms with E-state index in [2.05, 4.69) is 0 Å². The molecule has 1 aromatic heterocycles. The van der Waals surface area contributed by atoms with Gasteiger partial charge < -0.3 is 24.6 Å². The molecule has 0 aliphatic carbocycles. The predicted molar refractivity (Wildman–Crippen MR) is 96.8 cm³/mol. The molecule has 1 unspecified atom stereocenters. The molecule has 0 saturated carbocycles. The van der Waals surface area contributed by atoms with E-state index in [1.54, 1.807) is 0 Å². The number of hydrogen-bond acceptors (Lipinski definition) is 5. The van der Waals surface area contributed by atoms with Crippen LogP contribution in [0.15, 0.2) is 17.1 Å². The molecule has 1 atom stereocenters. The number of carboxylic acids is 1. The van der Waals surface area contributed by atoms with Crippen LogP contribution < -0.4 is 10.3 Å². The second-order valence-corrected chi connectivity index (χ2v) is 6.77.